The van der Waals surface area contributed by atoms with Gasteiger partial charge in [-0.05, 0) is 19.8 Å². The molecule has 0 spiro atoms. The van der Waals surface area contributed by atoms with Gasteiger partial charge in [0.05, 0.1) is 6.54 Å². The third-order valence-corrected chi connectivity index (χ3v) is 3.25. The summed E-state index contributed by atoms with van der Waals surface area (Å²) in [5.41, 5.74) is -0.811. The summed E-state index contributed by atoms with van der Waals surface area (Å²) in [4.78, 5) is 36.1. The van der Waals surface area contributed by atoms with Crippen molar-refractivity contribution in [2.75, 3.05) is 19.6 Å². The molecule has 0 aromatic rings. The average molecular weight is 280 g/mol. The molecule has 1 aliphatic rings. The van der Waals surface area contributed by atoms with Gasteiger partial charge in [0.1, 0.15) is 5.54 Å². The number of carbonyl (C=O) groups is 3. The molecule has 7 nitrogen and oxygen atoms in total. The van der Waals surface area contributed by atoms with Crippen molar-refractivity contribution >= 4 is 18.0 Å². The number of rotatable bonds is 6. The summed E-state index contributed by atoms with van der Waals surface area (Å²) >= 11 is 0. The Morgan fingerprint density at radius 3 is 2.70 bits per heavy atom. The molecule has 0 aromatic heterocycles. The van der Waals surface area contributed by atoms with Crippen LogP contribution in [0.5, 0.6) is 0 Å². The van der Waals surface area contributed by atoms with Crippen LogP contribution >= 0.6 is 0 Å². The van der Waals surface area contributed by atoms with E-state index in [2.05, 4.69) is 21.9 Å². The number of imide groups is 1. The Morgan fingerprint density at radius 1 is 1.45 bits per heavy atom. The van der Waals surface area contributed by atoms with Gasteiger partial charge >= 0.3 is 12.1 Å². The molecule has 0 bridgehead atoms. The third-order valence-electron chi connectivity index (χ3n) is 3.25. The van der Waals surface area contributed by atoms with Crippen LogP contribution in [0.25, 0.3) is 0 Å². The monoisotopic (exact) mass is 280 g/mol. The van der Waals surface area contributed by atoms with Gasteiger partial charge in [0.2, 0.25) is 0 Å². The van der Waals surface area contributed by atoms with Gasteiger partial charge in [0.15, 0.2) is 0 Å². The van der Waals surface area contributed by atoms with E-state index in [1.54, 1.807) is 6.92 Å². The molecule has 1 heterocycles. The van der Waals surface area contributed by atoms with E-state index >= 15 is 0 Å². The van der Waals surface area contributed by atoms with Gasteiger partial charge in [-0.2, -0.15) is 0 Å². The highest BCUT2D eigenvalue weighted by Gasteiger charge is 2.45. The van der Waals surface area contributed by atoms with Crippen LogP contribution in [-0.4, -0.2) is 48.0 Å². The number of terminal acetylenes is 1. The van der Waals surface area contributed by atoms with Gasteiger partial charge in [0, 0.05) is 13.1 Å². The quantitative estimate of drug-likeness (QED) is 0.364. The Kier molecular flexibility index (Phi) is 5.38. The maximum Gasteiger partial charge on any atom is 0.325 e. The molecule has 0 aromatic carbocycles. The summed E-state index contributed by atoms with van der Waals surface area (Å²) in [5.74, 6) is 2.06. The number of nitrogens with one attached hydrogen (secondary N) is 3. The van der Waals surface area contributed by atoms with Crippen LogP contribution in [-0.2, 0) is 4.79 Å². The average Bonchev–Trinajstić information content (AvgIpc) is 2.64. The Bertz CT molecular complexity index is 443. The molecular weight excluding hydrogens is 260 g/mol. The van der Waals surface area contributed by atoms with E-state index in [1.807, 2.05) is 6.92 Å². The van der Waals surface area contributed by atoms with E-state index in [0.29, 0.717) is 19.4 Å². The van der Waals surface area contributed by atoms with Gasteiger partial charge in [-0.1, -0.05) is 12.8 Å². The number of urea groups is 2. The predicted molar refractivity (Wildman–Crippen MR) is 73.8 cm³/mol. The van der Waals surface area contributed by atoms with Crippen molar-refractivity contribution in [3.05, 3.63) is 0 Å². The first-order chi connectivity index (χ1) is 9.44. The van der Waals surface area contributed by atoms with E-state index in [1.165, 1.54) is 4.90 Å². The Labute approximate surface area is 118 Å². The lowest BCUT2D eigenvalue weighted by Crippen LogP contribution is -2.43. The molecule has 1 fully saturated rings. The largest absolute Gasteiger partial charge is 0.338 e. The fourth-order valence-corrected chi connectivity index (χ4v) is 1.82. The molecule has 1 atom stereocenters. The minimum absolute atomic E-state index is 0.160. The fourth-order valence-electron chi connectivity index (χ4n) is 1.82. The van der Waals surface area contributed by atoms with Crippen LogP contribution in [0.2, 0.25) is 0 Å². The van der Waals surface area contributed by atoms with Gasteiger partial charge in [-0.3, -0.25) is 9.69 Å². The van der Waals surface area contributed by atoms with Crippen molar-refractivity contribution in [2.45, 2.75) is 32.2 Å². The molecule has 1 unspecified atom stereocenters. The van der Waals surface area contributed by atoms with Crippen LogP contribution in [0, 0.1) is 12.3 Å². The van der Waals surface area contributed by atoms with Crippen LogP contribution in [0.15, 0.2) is 0 Å². The van der Waals surface area contributed by atoms with Crippen molar-refractivity contribution in [1.29, 1.82) is 0 Å². The molecule has 1 rings (SSSR count). The van der Waals surface area contributed by atoms with E-state index in [0.717, 1.165) is 0 Å². The second kappa shape index (κ2) is 6.80. The van der Waals surface area contributed by atoms with E-state index in [9.17, 15) is 14.4 Å². The van der Waals surface area contributed by atoms with E-state index in [-0.39, 0.29) is 31.1 Å². The highest BCUT2D eigenvalue weighted by atomic mass is 16.2. The topological polar surface area (TPSA) is 90.5 Å². The van der Waals surface area contributed by atoms with Crippen LogP contribution in [0.1, 0.15) is 26.7 Å². The first kappa shape index (κ1) is 15.8. The summed E-state index contributed by atoms with van der Waals surface area (Å²) in [6.07, 6.45) is 6.03. The lowest BCUT2D eigenvalue weighted by molar-refractivity contribution is -0.130. The van der Waals surface area contributed by atoms with Gasteiger partial charge in [0.25, 0.3) is 5.91 Å². The maximum atomic E-state index is 12.1. The Hall–Kier alpha value is -2.23. The SMILES string of the molecule is C#CCNC(=O)NCCCN1C(=O)NC(C)(CC)C1=O. The van der Waals surface area contributed by atoms with Gasteiger partial charge < -0.3 is 16.0 Å². The number of nitrogens with zero attached hydrogens (tertiary/aromatic N) is 1. The summed E-state index contributed by atoms with van der Waals surface area (Å²) < 4.78 is 0. The van der Waals surface area contributed by atoms with Crippen LogP contribution in [0.4, 0.5) is 9.59 Å². The zero-order chi connectivity index (χ0) is 15.2. The van der Waals surface area contributed by atoms with Gasteiger partial charge in [-0.25, -0.2) is 9.59 Å². The Balaban J connectivity index is 2.33. The first-order valence-electron chi connectivity index (χ1n) is 6.54. The molecule has 0 radical (unpaired) electrons. The number of hydrogen-bond donors (Lipinski definition) is 3. The summed E-state index contributed by atoms with van der Waals surface area (Å²) in [6.45, 7) is 4.34. The molecule has 3 N–H and O–H groups in total. The van der Waals surface area contributed by atoms with Gasteiger partial charge in [-0.15, -0.1) is 6.42 Å². The summed E-state index contributed by atoms with van der Waals surface area (Å²) in [7, 11) is 0. The second-order valence-corrected chi connectivity index (χ2v) is 4.74. The molecule has 1 aliphatic heterocycles. The molecule has 110 valence electrons. The zero-order valence-corrected chi connectivity index (χ0v) is 11.8. The maximum absolute atomic E-state index is 12.1. The minimum Gasteiger partial charge on any atom is -0.338 e. The lowest BCUT2D eigenvalue weighted by atomic mass is 9.99. The first-order valence-corrected chi connectivity index (χ1v) is 6.54. The van der Waals surface area contributed by atoms with E-state index < -0.39 is 5.54 Å². The summed E-state index contributed by atoms with van der Waals surface area (Å²) in [5, 5.41) is 7.72. The van der Waals surface area contributed by atoms with Crippen molar-refractivity contribution in [2.24, 2.45) is 0 Å². The molecule has 20 heavy (non-hydrogen) atoms. The van der Waals surface area contributed by atoms with E-state index in [4.69, 9.17) is 6.42 Å². The normalized spacial score (nSPS) is 21.4. The molecule has 5 amide bonds. The standard InChI is InChI=1S/C13H20N4O3/c1-4-7-14-11(19)15-8-6-9-17-10(18)13(3,5-2)16-12(17)20/h1H,5-9H2,2-3H3,(H,16,20)(H2,14,15,19). The smallest absolute Gasteiger partial charge is 0.325 e. The molecular formula is C13H20N4O3. The molecule has 0 aliphatic carbocycles. The highest BCUT2D eigenvalue weighted by Crippen LogP contribution is 2.20. The minimum atomic E-state index is -0.811. The summed E-state index contributed by atoms with van der Waals surface area (Å²) in [6, 6.07) is -0.741. The predicted octanol–water partition coefficient (Wildman–Crippen LogP) is 0.0294. The van der Waals surface area contributed by atoms with Crippen molar-refractivity contribution in [1.82, 2.24) is 20.9 Å². The van der Waals surface area contributed by atoms with Crippen molar-refractivity contribution in [3.8, 4) is 12.3 Å². The molecule has 7 heteroatoms. The number of carbonyl (C=O) groups excluding carboxylic acids is 3. The van der Waals surface area contributed by atoms with Crippen molar-refractivity contribution in [3.63, 3.8) is 0 Å². The third kappa shape index (κ3) is 3.63. The lowest BCUT2D eigenvalue weighted by Gasteiger charge is -2.19. The molecule has 1 saturated heterocycles. The molecule has 0 saturated carbocycles. The highest BCUT2D eigenvalue weighted by molar-refractivity contribution is 6.06. The number of amides is 5. The van der Waals surface area contributed by atoms with Crippen molar-refractivity contribution < 1.29 is 14.4 Å². The Morgan fingerprint density at radius 2 is 2.15 bits per heavy atom. The fraction of sp³-hybridized carbons (Fsp3) is 0.615. The zero-order valence-electron chi connectivity index (χ0n) is 11.8. The second-order valence-electron chi connectivity index (χ2n) is 4.74. The number of hydrogen-bond acceptors (Lipinski definition) is 3. The van der Waals surface area contributed by atoms with Crippen LogP contribution in [0.3, 0.4) is 0 Å². The van der Waals surface area contributed by atoms with Crippen LogP contribution < -0.4 is 16.0 Å².